The SMILES string of the molecule is CCNC1CCCCCC1Sc1ncccn1. The van der Waals surface area contributed by atoms with E-state index in [0.29, 0.717) is 11.3 Å². The third-order valence-corrected chi connectivity index (χ3v) is 4.51. The molecule has 0 bridgehead atoms. The van der Waals surface area contributed by atoms with Crippen LogP contribution in [0, 0.1) is 0 Å². The summed E-state index contributed by atoms with van der Waals surface area (Å²) < 4.78 is 0. The van der Waals surface area contributed by atoms with Crippen LogP contribution < -0.4 is 5.32 Å². The third-order valence-electron chi connectivity index (χ3n) is 3.22. The van der Waals surface area contributed by atoms with Gasteiger partial charge in [0.05, 0.1) is 0 Å². The molecule has 17 heavy (non-hydrogen) atoms. The van der Waals surface area contributed by atoms with Gasteiger partial charge in [0.2, 0.25) is 0 Å². The molecule has 4 heteroatoms. The van der Waals surface area contributed by atoms with Crippen LogP contribution in [0.4, 0.5) is 0 Å². The number of rotatable bonds is 4. The van der Waals surface area contributed by atoms with Crippen LogP contribution in [0.15, 0.2) is 23.6 Å². The Bertz CT molecular complexity index is 318. The lowest BCUT2D eigenvalue weighted by atomic mass is 10.1. The molecule has 2 atom stereocenters. The molecule has 1 heterocycles. The minimum atomic E-state index is 0.622. The van der Waals surface area contributed by atoms with E-state index in [1.807, 2.05) is 30.2 Å². The van der Waals surface area contributed by atoms with Gasteiger partial charge in [-0.05, 0) is 25.5 Å². The predicted octanol–water partition coefficient (Wildman–Crippen LogP) is 2.88. The zero-order valence-corrected chi connectivity index (χ0v) is 11.2. The lowest BCUT2D eigenvalue weighted by Crippen LogP contribution is -2.37. The van der Waals surface area contributed by atoms with Crippen molar-refractivity contribution in [3.05, 3.63) is 18.5 Å². The van der Waals surface area contributed by atoms with Gasteiger partial charge in [0, 0.05) is 23.7 Å². The molecule has 1 aromatic rings. The minimum Gasteiger partial charge on any atom is -0.313 e. The van der Waals surface area contributed by atoms with Gasteiger partial charge >= 0.3 is 0 Å². The van der Waals surface area contributed by atoms with Crippen LogP contribution in [0.25, 0.3) is 0 Å². The molecule has 1 saturated carbocycles. The second kappa shape index (κ2) is 6.97. The van der Waals surface area contributed by atoms with Crippen molar-refractivity contribution in [2.75, 3.05) is 6.54 Å². The quantitative estimate of drug-likeness (QED) is 0.659. The molecular formula is C13H21N3S. The molecule has 0 aliphatic heterocycles. The van der Waals surface area contributed by atoms with E-state index in [2.05, 4.69) is 22.2 Å². The average molecular weight is 251 g/mol. The summed E-state index contributed by atoms with van der Waals surface area (Å²) in [6, 6.07) is 2.50. The zero-order valence-electron chi connectivity index (χ0n) is 10.4. The number of nitrogens with zero attached hydrogens (tertiary/aromatic N) is 2. The predicted molar refractivity (Wildman–Crippen MR) is 72.2 cm³/mol. The van der Waals surface area contributed by atoms with Gasteiger partial charge < -0.3 is 5.32 Å². The van der Waals surface area contributed by atoms with E-state index in [1.54, 1.807) is 0 Å². The summed E-state index contributed by atoms with van der Waals surface area (Å²) in [4.78, 5) is 8.64. The number of thioether (sulfide) groups is 1. The first-order valence-electron chi connectivity index (χ1n) is 6.57. The van der Waals surface area contributed by atoms with Crippen molar-refractivity contribution in [2.24, 2.45) is 0 Å². The molecule has 0 aromatic carbocycles. The van der Waals surface area contributed by atoms with Gasteiger partial charge in [-0.3, -0.25) is 0 Å². The number of nitrogens with one attached hydrogen (secondary N) is 1. The second-order valence-corrected chi connectivity index (χ2v) is 5.70. The third kappa shape index (κ3) is 3.96. The average Bonchev–Trinajstić information content (AvgIpc) is 2.57. The smallest absolute Gasteiger partial charge is 0.187 e. The minimum absolute atomic E-state index is 0.622. The van der Waals surface area contributed by atoms with Crippen molar-refractivity contribution >= 4 is 11.8 Å². The summed E-state index contributed by atoms with van der Waals surface area (Å²) in [6.45, 7) is 3.24. The molecule has 0 spiro atoms. The maximum atomic E-state index is 4.32. The monoisotopic (exact) mass is 251 g/mol. The molecule has 0 amide bonds. The van der Waals surface area contributed by atoms with Crippen LogP contribution in [0.2, 0.25) is 0 Å². The fourth-order valence-corrected chi connectivity index (χ4v) is 3.59. The van der Waals surface area contributed by atoms with Gasteiger partial charge in [0.15, 0.2) is 5.16 Å². The highest BCUT2D eigenvalue weighted by Crippen LogP contribution is 2.31. The van der Waals surface area contributed by atoms with E-state index in [-0.39, 0.29) is 0 Å². The highest BCUT2D eigenvalue weighted by Gasteiger charge is 2.24. The van der Waals surface area contributed by atoms with Crippen molar-refractivity contribution in [3.63, 3.8) is 0 Å². The Morgan fingerprint density at radius 1 is 1.24 bits per heavy atom. The molecule has 1 aromatic heterocycles. The number of hydrogen-bond donors (Lipinski definition) is 1. The lowest BCUT2D eigenvalue weighted by Gasteiger charge is -2.24. The lowest BCUT2D eigenvalue weighted by molar-refractivity contribution is 0.482. The fraction of sp³-hybridized carbons (Fsp3) is 0.692. The maximum Gasteiger partial charge on any atom is 0.187 e. The largest absolute Gasteiger partial charge is 0.313 e. The van der Waals surface area contributed by atoms with Gasteiger partial charge in [0.25, 0.3) is 0 Å². The zero-order chi connectivity index (χ0) is 11.9. The highest BCUT2D eigenvalue weighted by atomic mass is 32.2. The van der Waals surface area contributed by atoms with Crippen molar-refractivity contribution in [3.8, 4) is 0 Å². The summed E-state index contributed by atoms with van der Waals surface area (Å²) in [6.07, 6.45) is 10.3. The van der Waals surface area contributed by atoms with E-state index >= 15 is 0 Å². The van der Waals surface area contributed by atoms with E-state index < -0.39 is 0 Å². The van der Waals surface area contributed by atoms with E-state index in [0.717, 1.165) is 11.7 Å². The Morgan fingerprint density at radius 2 is 2.00 bits per heavy atom. The number of hydrogen-bond acceptors (Lipinski definition) is 4. The molecule has 0 radical (unpaired) electrons. The van der Waals surface area contributed by atoms with Crippen LogP contribution in [-0.2, 0) is 0 Å². The summed E-state index contributed by atoms with van der Waals surface area (Å²) in [5, 5.41) is 5.16. The summed E-state index contributed by atoms with van der Waals surface area (Å²) in [5.41, 5.74) is 0. The summed E-state index contributed by atoms with van der Waals surface area (Å²) in [5.74, 6) is 0. The first-order valence-corrected chi connectivity index (χ1v) is 7.45. The molecule has 1 N–H and O–H groups in total. The topological polar surface area (TPSA) is 37.8 Å². The molecule has 1 fully saturated rings. The maximum absolute atomic E-state index is 4.32. The van der Waals surface area contributed by atoms with Crippen LogP contribution in [0.3, 0.4) is 0 Å². The first-order chi connectivity index (χ1) is 8.40. The molecule has 2 unspecified atom stereocenters. The van der Waals surface area contributed by atoms with Crippen LogP contribution in [-0.4, -0.2) is 27.8 Å². The van der Waals surface area contributed by atoms with E-state index in [4.69, 9.17) is 0 Å². The molecule has 94 valence electrons. The van der Waals surface area contributed by atoms with Gasteiger partial charge in [-0.25, -0.2) is 9.97 Å². The van der Waals surface area contributed by atoms with Crippen LogP contribution in [0.1, 0.15) is 39.0 Å². The van der Waals surface area contributed by atoms with Crippen molar-refractivity contribution in [1.82, 2.24) is 15.3 Å². The summed E-state index contributed by atoms with van der Waals surface area (Å²) in [7, 11) is 0. The van der Waals surface area contributed by atoms with Crippen molar-refractivity contribution < 1.29 is 0 Å². The highest BCUT2D eigenvalue weighted by molar-refractivity contribution is 7.99. The molecule has 0 saturated heterocycles. The standard InChI is InChI=1S/C13H21N3S/c1-2-14-11-7-4-3-5-8-12(11)17-13-15-9-6-10-16-13/h6,9-12,14H,2-5,7-8H2,1H3. The second-order valence-electron chi connectivity index (χ2n) is 4.49. The molecule has 1 aliphatic carbocycles. The Hall–Kier alpha value is -0.610. The summed E-state index contributed by atoms with van der Waals surface area (Å²) >= 11 is 1.84. The Labute approximate surface area is 108 Å². The fourth-order valence-electron chi connectivity index (χ4n) is 2.39. The van der Waals surface area contributed by atoms with Gasteiger partial charge in [0.1, 0.15) is 0 Å². The molecule has 3 nitrogen and oxygen atoms in total. The van der Waals surface area contributed by atoms with Gasteiger partial charge in [-0.2, -0.15) is 0 Å². The van der Waals surface area contributed by atoms with Crippen molar-refractivity contribution in [1.29, 1.82) is 0 Å². The molecular weight excluding hydrogens is 230 g/mol. The first kappa shape index (κ1) is 12.8. The molecule has 1 aliphatic rings. The Balaban J connectivity index is 1.99. The molecule has 2 rings (SSSR count). The van der Waals surface area contributed by atoms with Crippen LogP contribution in [0.5, 0.6) is 0 Å². The Kier molecular flexibility index (Phi) is 5.26. The normalized spacial score (nSPS) is 25.5. The van der Waals surface area contributed by atoms with Gasteiger partial charge in [-0.15, -0.1) is 0 Å². The van der Waals surface area contributed by atoms with Gasteiger partial charge in [-0.1, -0.05) is 37.9 Å². The van der Waals surface area contributed by atoms with Crippen molar-refractivity contribution in [2.45, 2.75) is 55.5 Å². The van der Waals surface area contributed by atoms with E-state index in [9.17, 15) is 0 Å². The Morgan fingerprint density at radius 3 is 2.76 bits per heavy atom. The van der Waals surface area contributed by atoms with E-state index in [1.165, 1.54) is 32.1 Å². The van der Waals surface area contributed by atoms with Crippen LogP contribution >= 0.6 is 11.8 Å². The number of aromatic nitrogens is 2.